The Balaban J connectivity index is 2.35. The van der Waals surface area contributed by atoms with E-state index in [1.165, 1.54) is 5.56 Å². The summed E-state index contributed by atoms with van der Waals surface area (Å²) in [5.41, 5.74) is 7.58. The highest BCUT2D eigenvalue weighted by atomic mass is 16.5. The van der Waals surface area contributed by atoms with Gasteiger partial charge >= 0.3 is 0 Å². The second kappa shape index (κ2) is 3.01. The summed E-state index contributed by atoms with van der Waals surface area (Å²) in [4.78, 5) is 4.29. The van der Waals surface area contributed by atoms with Crippen LogP contribution in [0.5, 0.6) is 0 Å². The molecule has 3 nitrogen and oxygen atoms in total. The maximum atomic E-state index is 5.51. The normalized spacial score (nSPS) is 25.7. The number of hydrogen-bond acceptors (Lipinski definition) is 3. The first kappa shape index (κ1) is 9.06. The summed E-state index contributed by atoms with van der Waals surface area (Å²) >= 11 is 0. The van der Waals surface area contributed by atoms with Gasteiger partial charge in [0, 0.05) is 0 Å². The van der Waals surface area contributed by atoms with E-state index in [2.05, 4.69) is 36.2 Å². The van der Waals surface area contributed by atoms with Crippen molar-refractivity contribution < 1.29 is 4.74 Å². The molecule has 0 saturated carbocycles. The average molecular weight is 190 g/mol. The smallest absolute Gasteiger partial charge is 0.283 e. The van der Waals surface area contributed by atoms with Crippen molar-refractivity contribution in [1.82, 2.24) is 0 Å². The van der Waals surface area contributed by atoms with Gasteiger partial charge in [0.25, 0.3) is 6.02 Å². The summed E-state index contributed by atoms with van der Waals surface area (Å²) < 4.78 is 5.18. The second-order valence-electron chi connectivity index (χ2n) is 3.88. The van der Waals surface area contributed by atoms with E-state index in [1.807, 2.05) is 6.92 Å². The number of aliphatic imine (C=N–C) groups is 1. The van der Waals surface area contributed by atoms with E-state index in [1.54, 1.807) is 0 Å². The van der Waals surface area contributed by atoms with Crippen LogP contribution in [0.15, 0.2) is 29.3 Å². The number of benzene rings is 1. The largest absolute Gasteiger partial charge is 0.462 e. The molecule has 1 heterocycles. The average Bonchev–Trinajstić information content (AvgIpc) is 2.48. The predicted molar refractivity (Wildman–Crippen MR) is 56.1 cm³/mol. The van der Waals surface area contributed by atoms with Gasteiger partial charge in [0.05, 0.1) is 0 Å². The molecule has 1 aromatic carbocycles. The molecule has 0 saturated heterocycles. The molecule has 0 amide bonds. The van der Waals surface area contributed by atoms with Crippen LogP contribution in [0, 0.1) is 6.92 Å². The zero-order chi connectivity index (χ0) is 10.2. The molecular formula is C11H14N2O. The Hall–Kier alpha value is -1.51. The SMILES string of the molecule is Cc1ccc([C@@]2(C)COC(N)=N2)cc1. The second-order valence-corrected chi connectivity index (χ2v) is 3.88. The fraction of sp³-hybridized carbons (Fsp3) is 0.364. The molecule has 0 unspecified atom stereocenters. The van der Waals surface area contributed by atoms with Crippen LogP contribution in [0.2, 0.25) is 0 Å². The monoisotopic (exact) mass is 190 g/mol. The molecule has 2 N–H and O–H groups in total. The standard InChI is InChI=1S/C11H14N2O/c1-8-3-5-9(6-4-8)11(2)7-14-10(12)13-11/h3-6H,7H2,1-2H3,(H2,12,13)/t11-/m1/s1. The van der Waals surface area contributed by atoms with Crippen LogP contribution in [-0.2, 0) is 10.3 Å². The molecule has 1 aromatic rings. The zero-order valence-electron chi connectivity index (χ0n) is 8.45. The molecule has 0 fully saturated rings. The lowest BCUT2D eigenvalue weighted by Gasteiger charge is -2.18. The number of nitrogens with zero attached hydrogens (tertiary/aromatic N) is 1. The third-order valence-electron chi connectivity index (χ3n) is 2.53. The molecule has 3 heteroatoms. The molecule has 0 bridgehead atoms. The molecule has 1 aliphatic heterocycles. The minimum absolute atomic E-state index is 0.285. The molecule has 0 spiro atoms. The topological polar surface area (TPSA) is 47.6 Å². The van der Waals surface area contributed by atoms with Crippen LogP contribution in [0.3, 0.4) is 0 Å². The lowest BCUT2D eigenvalue weighted by atomic mass is 9.93. The Morgan fingerprint density at radius 2 is 2.00 bits per heavy atom. The van der Waals surface area contributed by atoms with E-state index in [0.29, 0.717) is 6.61 Å². The van der Waals surface area contributed by atoms with Gasteiger partial charge in [-0.25, -0.2) is 4.99 Å². The van der Waals surface area contributed by atoms with Gasteiger partial charge < -0.3 is 10.5 Å². The van der Waals surface area contributed by atoms with E-state index in [-0.39, 0.29) is 11.6 Å². The van der Waals surface area contributed by atoms with Crippen molar-refractivity contribution in [3.8, 4) is 0 Å². The summed E-state index contributed by atoms with van der Waals surface area (Å²) in [5, 5.41) is 0. The van der Waals surface area contributed by atoms with Gasteiger partial charge in [0.2, 0.25) is 0 Å². The summed E-state index contributed by atoms with van der Waals surface area (Å²) in [7, 11) is 0. The number of ether oxygens (including phenoxy) is 1. The van der Waals surface area contributed by atoms with E-state index in [9.17, 15) is 0 Å². The molecule has 74 valence electrons. The molecule has 14 heavy (non-hydrogen) atoms. The van der Waals surface area contributed by atoms with Gasteiger partial charge in [0.1, 0.15) is 12.1 Å². The lowest BCUT2D eigenvalue weighted by molar-refractivity contribution is 0.266. The van der Waals surface area contributed by atoms with Gasteiger partial charge in [-0.1, -0.05) is 29.8 Å². The van der Waals surface area contributed by atoms with Crippen molar-refractivity contribution in [2.45, 2.75) is 19.4 Å². The van der Waals surface area contributed by atoms with Gasteiger partial charge in [-0.05, 0) is 19.4 Å². The first-order chi connectivity index (χ1) is 6.60. The molecule has 1 atom stereocenters. The highest BCUT2D eigenvalue weighted by molar-refractivity contribution is 5.74. The number of nitrogens with two attached hydrogens (primary N) is 1. The summed E-state index contributed by atoms with van der Waals surface area (Å²) in [5.74, 6) is 0. The summed E-state index contributed by atoms with van der Waals surface area (Å²) in [6, 6.07) is 8.57. The fourth-order valence-corrected chi connectivity index (χ4v) is 1.58. The molecule has 0 aliphatic carbocycles. The Morgan fingerprint density at radius 1 is 1.36 bits per heavy atom. The van der Waals surface area contributed by atoms with Crippen LogP contribution in [0.1, 0.15) is 18.1 Å². The zero-order valence-corrected chi connectivity index (χ0v) is 8.45. The van der Waals surface area contributed by atoms with E-state index >= 15 is 0 Å². The third-order valence-corrected chi connectivity index (χ3v) is 2.53. The van der Waals surface area contributed by atoms with Crippen LogP contribution in [0.4, 0.5) is 0 Å². The molecule has 0 aromatic heterocycles. The van der Waals surface area contributed by atoms with Crippen molar-refractivity contribution in [2.24, 2.45) is 10.7 Å². The van der Waals surface area contributed by atoms with Crippen molar-refractivity contribution in [2.75, 3.05) is 6.61 Å². The van der Waals surface area contributed by atoms with Crippen molar-refractivity contribution in [3.05, 3.63) is 35.4 Å². The van der Waals surface area contributed by atoms with Gasteiger partial charge in [-0.15, -0.1) is 0 Å². The van der Waals surface area contributed by atoms with Gasteiger partial charge in [0.15, 0.2) is 0 Å². The first-order valence-electron chi connectivity index (χ1n) is 4.65. The van der Waals surface area contributed by atoms with Crippen LogP contribution < -0.4 is 5.73 Å². The first-order valence-corrected chi connectivity index (χ1v) is 4.65. The van der Waals surface area contributed by atoms with Crippen LogP contribution in [-0.4, -0.2) is 12.6 Å². The summed E-state index contributed by atoms with van der Waals surface area (Å²) in [6.45, 7) is 4.62. The minimum Gasteiger partial charge on any atom is -0.462 e. The summed E-state index contributed by atoms with van der Waals surface area (Å²) in [6.07, 6.45) is 0. The van der Waals surface area contributed by atoms with Crippen molar-refractivity contribution >= 4 is 6.02 Å². The minimum atomic E-state index is -0.308. The van der Waals surface area contributed by atoms with Gasteiger partial charge in [-0.3, -0.25) is 0 Å². The third kappa shape index (κ3) is 1.45. The van der Waals surface area contributed by atoms with Crippen LogP contribution in [0.25, 0.3) is 0 Å². The Kier molecular flexibility index (Phi) is 1.95. The number of hydrogen-bond donors (Lipinski definition) is 1. The molecular weight excluding hydrogens is 176 g/mol. The van der Waals surface area contributed by atoms with E-state index in [0.717, 1.165) is 5.56 Å². The van der Waals surface area contributed by atoms with Crippen LogP contribution >= 0.6 is 0 Å². The van der Waals surface area contributed by atoms with E-state index in [4.69, 9.17) is 10.5 Å². The highest BCUT2D eigenvalue weighted by Crippen LogP contribution is 2.29. The van der Waals surface area contributed by atoms with Crippen molar-refractivity contribution in [3.63, 3.8) is 0 Å². The Bertz CT molecular complexity index is 369. The Morgan fingerprint density at radius 3 is 2.50 bits per heavy atom. The van der Waals surface area contributed by atoms with Crippen molar-refractivity contribution in [1.29, 1.82) is 0 Å². The fourth-order valence-electron chi connectivity index (χ4n) is 1.58. The lowest BCUT2D eigenvalue weighted by Crippen LogP contribution is -2.20. The molecule has 0 radical (unpaired) electrons. The van der Waals surface area contributed by atoms with Gasteiger partial charge in [-0.2, -0.15) is 0 Å². The maximum Gasteiger partial charge on any atom is 0.283 e. The predicted octanol–water partition coefficient (Wildman–Crippen LogP) is 1.56. The maximum absolute atomic E-state index is 5.51. The highest BCUT2D eigenvalue weighted by Gasteiger charge is 2.32. The number of aryl methyl sites for hydroxylation is 1. The van der Waals surface area contributed by atoms with E-state index < -0.39 is 0 Å². The molecule has 1 aliphatic rings. The molecule has 2 rings (SSSR count). The number of amidine groups is 1. The Labute approximate surface area is 83.6 Å². The number of rotatable bonds is 1. The quantitative estimate of drug-likeness (QED) is 0.730.